The van der Waals surface area contributed by atoms with Crippen LogP contribution < -0.4 is 0 Å². The summed E-state index contributed by atoms with van der Waals surface area (Å²) >= 11 is 7.47. The molecule has 0 unspecified atom stereocenters. The van der Waals surface area contributed by atoms with Gasteiger partial charge >= 0.3 is 0 Å². The van der Waals surface area contributed by atoms with Gasteiger partial charge < -0.3 is 0 Å². The van der Waals surface area contributed by atoms with Gasteiger partial charge in [0.2, 0.25) is 0 Å². The van der Waals surface area contributed by atoms with Crippen LogP contribution in [0.4, 0.5) is 0 Å². The fourth-order valence-electron chi connectivity index (χ4n) is 1.42. The minimum atomic E-state index is 0.234. The van der Waals surface area contributed by atoms with Crippen molar-refractivity contribution in [3.8, 4) is 17.3 Å². The van der Waals surface area contributed by atoms with Gasteiger partial charge in [0.15, 0.2) is 0 Å². The molecule has 0 amide bonds. The lowest BCUT2D eigenvalue weighted by Crippen LogP contribution is -1.91. The largest absolute Gasteiger partial charge is 0.264 e. The van der Waals surface area contributed by atoms with Crippen LogP contribution in [0.2, 0.25) is 5.15 Å². The van der Waals surface area contributed by atoms with E-state index < -0.39 is 0 Å². The molecule has 5 heteroatoms. The average molecular weight is 262 g/mol. The van der Waals surface area contributed by atoms with Gasteiger partial charge in [0.25, 0.3) is 0 Å². The van der Waals surface area contributed by atoms with Crippen molar-refractivity contribution >= 4 is 23.4 Å². The number of halogens is 1. The first kappa shape index (κ1) is 11.9. The van der Waals surface area contributed by atoms with E-state index in [-0.39, 0.29) is 5.15 Å². The Labute approximate surface area is 108 Å². The average Bonchev–Trinajstić information content (AvgIpc) is 2.38. The molecule has 2 aromatic heterocycles. The summed E-state index contributed by atoms with van der Waals surface area (Å²) in [5, 5.41) is 9.23. The molecule has 0 spiro atoms. The first-order valence-electron chi connectivity index (χ1n) is 4.81. The van der Waals surface area contributed by atoms with Crippen LogP contribution in [0.3, 0.4) is 0 Å². The zero-order chi connectivity index (χ0) is 12.3. The third-order valence-electron chi connectivity index (χ3n) is 2.23. The van der Waals surface area contributed by atoms with Gasteiger partial charge in [0, 0.05) is 22.9 Å². The summed E-state index contributed by atoms with van der Waals surface area (Å²) in [6, 6.07) is 7.66. The lowest BCUT2D eigenvalue weighted by Gasteiger charge is -2.06. The predicted octanol–water partition coefficient (Wildman–Crippen LogP) is 3.39. The number of hydrogen-bond acceptors (Lipinski definition) is 4. The van der Waals surface area contributed by atoms with Crippen molar-refractivity contribution in [1.29, 1.82) is 5.26 Å². The number of rotatable bonds is 2. The predicted molar refractivity (Wildman–Crippen MR) is 69.0 cm³/mol. The van der Waals surface area contributed by atoms with E-state index in [0.717, 1.165) is 16.2 Å². The highest BCUT2D eigenvalue weighted by Gasteiger charge is 2.11. The Bertz CT molecular complexity index is 578. The van der Waals surface area contributed by atoms with Crippen LogP contribution >= 0.6 is 23.4 Å². The smallest absolute Gasteiger partial charge is 0.148 e. The van der Waals surface area contributed by atoms with Crippen molar-refractivity contribution in [2.45, 2.75) is 4.90 Å². The van der Waals surface area contributed by atoms with E-state index in [1.54, 1.807) is 12.4 Å². The van der Waals surface area contributed by atoms with Gasteiger partial charge in [-0.15, -0.1) is 11.8 Å². The van der Waals surface area contributed by atoms with Crippen LogP contribution in [0.15, 0.2) is 35.5 Å². The second kappa shape index (κ2) is 5.17. The summed E-state index contributed by atoms with van der Waals surface area (Å²) in [7, 11) is 0. The number of nitriles is 1. The molecule has 0 bridgehead atoms. The number of hydrogen-bond donors (Lipinski definition) is 0. The zero-order valence-electron chi connectivity index (χ0n) is 9.01. The Balaban J connectivity index is 2.59. The normalized spacial score (nSPS) is 9.94. The molecule has 0 fully saturated rings. The molecule has 0 aliphatic carbocycles. The van der Waals surface area contributed by atoms with E-state index in [1.807, 2.05) is 24.5 Å². The summed E-state index contributed by atoms with van der Waals surface area (Å²) in [4.78, 5) is 9.07. The summed E-state index contributed by atoms with van der Waals surface area (Å²) in [6.07, 6.45) is 5.32. The van der Waals surface area contributed by atoms with Crippen LogP contribution in [0.1, 0.15) is 5.56 Å². The highest BCUT2D eigenvalue weighted by atomic mass is 35.5. The standard InChI is InChI=1S/C12H8ClN3S/c1-17-11-5-10(8-3-2-4-15-7-8)16-12(13)9(11)6-14/h2-5,7H,1H3. The van der Waals surface area contributed by atoms with Crippen molar-refractivity contribution in [1.82, 2.24) is 9.97 Å². The zero-order valence-corrected chi connectivity index (χ0v) is 10.6. The van der Waals surface area contributed by atoms with Crippen molar-refractivity contribution in [2.24, 2.45) is 0 Å². The minimum Gasteiger partial charge on any atom is -0.264 e. The highest BCUT2D eigenvalue weighted by molar-refractivity contribution is 7.98. The van der Waals surface area contributed by atoms with Gasteiger partial charge in [-0.3, -0.25) is 4.98 Å². The highest BCUT2D eigenvalue weighted by Crippen LogP contribution is 2.29. The Morgan fingerprint density at radius 3 is 2.88 bits per heavy atom. The van der Waals surface area contributed by atoms with Crippen LogP contribution in [0, 0.1) is 11.3 Å². The molecule has 0 saturated heterocycles. The molecule has 0 aliphatic rings. The summed E-state index contributed by atoms with van der Waals surface area (Å²) < 4.78 is 0. The summed E-state index contributed by atoms with van der Waals surface area (Å²) in [5.74, 6) is 0. The van der Waals surface area contributed by atoms with Gasteiger partial charge in [-0.25, -0.2) is 4.98 Å². The van der Waals surface area contributed by atoms with Crippen molar-refractivity contribution < 1.29 is 0 Å². The molecule has 0 aliphatic heterocycles. The number of thioether (sulfide) groups is 1. The lowest BCUT2D eigenvalue weighted by molar-refractivity contribution is 1.22. The summed E-state index contributed by atoms with van der Waals surface area (Å²) in [5.41, 5.74) is 2.03. The van der Waals surface area contributed by atoms with Crippen LogP contribution in [-0.2, 0) is 0 Å². The molecule has 0 atom stereocenters. The Kier molecular flexibility index (Phi) is 3.62. The lowest BCUT2D eigenvalue weighted by atomic mass is 10.1. The molecule has 0 N–H and O–H groups in total. The number of pyridine rings is 2. The van der Waals surface area contributed by atoms with E-state index in [4.69, 9.17) is 16.9 Å². The monoisotopic (exact) mass is 261 g/mol. The van der Waals surface area contributed by atoms with Gasteiger partial charge in [-0.1, -0.05) is 11.6 Å². The third kappa shape index (κ3) is 2.41. The van der Waals surface area contributed by atoms with Gasteiger partial charge in [0.1, 0.15) is 16.8 Å². The maximum Gasteiger partial charge on any atom is 0.148 e. The molecule has 3 nitrogen and oxygen atoms in total. The van der Waals surface area contributed by atoms with E-state index >= 15 is 0 Å². The molecule has 2 rings (SSSR count). The van der Waals surface area contributed by atoms with E-state index in [9.17, 15) is 0 Å². The Hall–Kier alpha value is -1.57. The van der Waals surface area contributed by atoms with Gasteiger partial charge in [0.05, 0.1) is 5.69 Å². The van der Waals surface area contributed by atoms with Gasteiger partial charge in [-0.05, 0) is 24.5 Å². The van der Waals surface area contributed by atoms with Crippen LogP contribution in [0.5, 0.6) is 0 Å². The van der Waals surface area contributed by atoms with Crippen molar-refractivity contribution in [2.75, 3.05) is 6.26 Å². The van der Waals surface area contributed by atoms with Crippen LogP contribution in [0.25, 0.3) is 11.3 Å². The molecule has 0 radical (unpaired) electrons. The fraction of sp³-hybridized carbons (Fsp3) is 0.0833. The molecule has 0 saturated carbocycles. The summed E-state index contributed by atoms with van der Waals surface area (Å²) in [6.45, 7) is 0. The van der Waals surface area contributed by atoms with E-state index in [0.29, 0.717) is 5.56 Å². The van der Waals surface area contributed by atoms with E-state index in [1.165, 1.54) is 11.8 Å². The number of aromatic nitrogens is 2. The van der Waals surface area contributed by atoms with Crippen LogP contribution in [-0.4, -0.2) is 16.2 Å². The first-order valence-corrected chi connectivity index (χ1v) is 6.41. The molecule has 2 aromatic rings. The molecule has 17 heavy (non-hydrogen) atoms. The fourth-order valence-corrected chi connectivity index (χ4v) is 2.28. The third-order valence-corrected chi connectivity index (χ3v) is 3.26. The van der Waals surface area contributed by atoms with Crippen molar-refractivity contribution in [3.63, 3.8) is 0 Å². The number of nitrogens with zero attached hydrogens (tertiary/aromatic N) is 3. The minimum absolute atomic E-state index is 0.234. The first-order chi connectivity index (χ1) is 8.26. The van der Waals surface area contributed by atoms with Crippen molar-refractivity contribution in [3.05, 3.63) is 41.3 Å². The molecule has 0 aromatic carbocycles. The quantitative estimate of drug-likeness (QED) is 0.614. The SMILES string of the molecule is CSc1cc(-c2cccnc2)nc(Cl)c1C#N. The molecule has 2 heterocycles. The molecule has 84 valence electrons. The maximum atomic E-state index is 8.99. The second-order valence-electron chi connectivity index (χ2n) is 3.23. The van der Waals surface area contributed by atoms with Gasteiger partial charge in [-0.2, -0.15) is 5.26 Å². The second-order valence-corrected chi connectivity index (χ2v) is 4.44. The topological polar surface area (TPSA) is 49.6 Å². The molecular formula is C12H8ClN3S. The maximum absolute atomic E-state index is 8.99. The Morgan fingerprint density at radius 2 is 2.29 bits per heavy atom. The van der Waals surface area contributed by atoms with E-state index in [2.05, 4.69) is 16.0 Å². The Morgan fingerprint density at radius 1 is 1.47 bits per heavy atom. The molecular weight excluding hydrogens is 254 g/mol.